The Labute approximate surface area is 137 Å². The summed E-state index contributed by atoms with van der Waals surface area (Å²) in [4.78, 5) is 0. The Bertz CT molecular complexity index is 711. The van der Waals surface area contributed by atoms with Crippen molar-refractivity contribution in [2.24, 2.45) is 0 Å². The van der Waals surface area contributed by atoms with Crippen molar-refractivity contribution in [3.05, 3.63) is 46.5 Å². The second-order valence-corrected chi connectivity index (χ2v) is 6.32. The van der Waals surface area contributed by atoms with Gasteiger partial charge in [-0.3, -0.25) is 0 Å². The van der Waals surface area contributed by atoms with Crippen LogP contribution in [-0.4, -0.2) is 23.5 Å². The quantitative estimate of drug-likeness (QED) is 0.825. The summed E-state index contributed by atoms with van der Waals surface area (Å²) in [5.41, 5.74) is -1.35. The van der Waals surface area contributed by atoms with Crippen LogP contribution in [0, 0.1) is 6.92 Å². The van der Waals surface area contributed by atoms with Crippen LogP contribution in [0.15, 0.2) is 30.3 Å². The number of hydrogen-bond donors (Lipinski definition) is 1. The molecule has 0 aliphatic heterocycles. The van der Waals surface area contributed by atoms with E-state index in [0.29, 0.717) is 21.5 Å². The molecule has 0 aliphatic carbocycles. The fourth-order valence-corrected chi connectivity index (χ4v) is 2.90. The van der Waals surface area contributed by atoms with Crippen LogP contribution in [0.25, 0.3) is 10.8 Å². The number of fused-ring (bicyclic) bond motifs is 1. The van der Waals surface area contributed by atoms with Crippen LogP contribution in [0.4, 0.5) is 13.2 Å². The number of aryl methyl sites for hydroxylation is 1. The van der Waals surface area contributed by atoms with Crippen molar-refractivity contribution < 1.29 is 23.0 Å². The molecule has 0 radical (unpaired) electrons. The predicted octanol–water partition coefficient (Wildman–Crippen LogP) is 5.19. The van der Waals surface area contributed by atoms with Crippen molar-refractivity contribution in [1.29, 1.82) is 0 Å². The van der Waals surface area contributed by atoms with Gasteiger partial charge in [0.2, 0.25) is 0 Å². The van der Waals surface area contributed by atoms with Crippen LogP contribution >= 0.6 is 11.6 Å². The minimum Gasteiger partial charge on any atom is -0.393 e. The topological polar surface area (TPSA) is 29.5 Å². The third kappa shape index (κ3) is 3.47. The molecule has 2 rings (SSSR count). The Morgan fingerprint density at radius 3 is 2.39 bits per heavy atom. The van der Waals surface area contributed by atoms with Crippen LogP contribution in [0.5, 0.6) is 0 Å². The first-order valence-corrected chi connectivity index (χ1v) is 7.49. The maximum Gasteiger partial charge on any atom is 0.416 e. The highest BCUT2D eigenvalue weighted by Crippen LogP contribution is 2.41. The van der Waals surface area contributed by atoms with Gasteiger partial charge in [0.25, 0.3) is 0 Å². The van der Waals surface area contributed by atoms with Gasteiger partial charge in [-0.05, 0) is 31.7 Å². The molecule has 0 aliphatic rings. The number of benzene rings is 2. The van der Waals surface area contributed by atoms with Crippen molar-refractivity contribution in [2.75, 3.05) is 6.61 Å². The summed E-state index contributed by atoms with van der Waals surface area (Å²) in [6.45, 7) is 3.00. The number of halogens is 4. The van der Waals surface area contributed by atoms with E-state index in [9.17, 15) is 18.3 Å². The Balaban J connectivity index is 2.52. The molecule has 2 aromatic carbocycles. The molecule has 0 heterocycles. The average molecular weight is 347 g/mol. The Morgan fingerprint density at radius 2 is 1.83 bits per heavy atom. The summed E-state index contributed by atoms with van der Waals surface area (Å²) in [5, 5.41) is 11.5. The second kappa shape index (κ2) is 6.30. The van der Waals surface area contributed by atoms with Gasteiger partial charge in [-0.15, -0.1) is 0 Å². The molecule has 23 heavy (non-hydrogen) atoms. The first kappa shape index (κ1) is 18.0. The zero-order valence-electron chi connectivity index (χ0n) is 13.0. The average Bonchev–Trinajstić information content (AvgIpc) is 2.44. The molecular formula is C17H18ClF3O2. The minimum atomic E-state index is -4.56. The molecule has 0 saturated carbocycles. The van der Waals surface area contributed by atoms with Crippen molar-refractivity contribution >= 4 is 22.4 Å². The van der Waals surface area contributed by atoms with E-state index >= 15 is 0 Å². The van der Waals surface area contributed by atoms with E-state index < -0.39 is 24.5 Å². The molecule has 2 aromatic rings. The molecule has 0 bridgehead atoms. The largest absolute Gasteiger partial charge is 0.416 e. The van der Waals surface area contributed by atoms with Crippen molar-refractivity contribution in [3.63, 3.8) is 0 Å². The first-order valence-electron chi connectivity index (χ1n) is 7.11. The highest BCUT2D eigenvalue weighted by Gasteiger charge is 2.50. The molecule has 0 aromatic heterocycles. The van der Waals surface area contributed by atoms with Crippen LogP contribution in [0.1, 0.15) is 31.1 Å². The van der Waals surface area contributed by atoms with E-state index in [1.807, 2.05) is 18.2 Å². The van der Waals surface area contributed by atoms with Crippen molar-refractivity contribution in [3.8, 4) is 0 Å². The number of hydrogen-bond acceptors (Lipinski definition) is 2. The fourth-order valence-electron chi connectivity index (χ4n) is 2.46. The normalized spacial score (nSPS) is 14.3. The number of alkyl halides is 3. The number of rotatable bonds is 4. The third-order valence-electron chi connectivity index (χ3n) is 3.84. The van der Waals surface area contributed by atoms with E-state index in [4.69, 9.17) is 16.3 Å². The summed E-state index contributed by atoms with van der Waals surface area (Å²) in [5.74, 6) is 0. The molecule has 1 N–H and O–H groups in total. The van der Waals surface area contributed by atoms with E-state index in [-0.39, 0.29) is 0 Å². The summed E-state index contributed by atoms with van der Waals surface area (Å²) in [6.07, 6.45) is -5.72. The molecule has 0 fully saturated rings. The third-order valence-corrected chi connectivity index (χ3v) is 4.25. The molecule has 0 amide bonds. The summed E-state index contributed by atoms with van der Waals surface area (Å²) in [6, 6.07) is 9.12. The van der Waals surface area contributed by atoms with Crippen LogP contribution < -0.4 is 0 Å². The maximum atomic E-state index is 13.1. The summed E-state index contributed by atoms with van der Waals surface area (Å²) >= 11 is 6.39. The lowest BCUT2D eigenvalue weighted by Crippen LogP contribution is -2.43. The standard InChI is InChI=1S/C17H18ClF3O2/c1-10-8-11-6-4-5-7-12(11)15(18)14(10)13(9-22)23-16(2,3)17(19,20)21/h4-8,13,22H,9H2,1-3H3. The van der Waals surface area contributed by atoms with Crippen LogP contribution in [0.3, 0.4) is 0 Å². The predicted molar refractivity (Wildman–Crippen MR) is 84.7 cm³/mol. The number of ether oxygens (including phenoxy) is 1. The number of aliphatic hydroxyl groups is 1. The van der Waals surface area contributed by atoms with E-state index in [1.165, 1.54) is 0 Å². The molecule has 1 unspecified atom stereocenters. The fraction of sp³-hybridized carbons (Fsp3) is 0.412. The highest BCUT2D eigenvalue weighted by atomic mass is 35.5. The van der Waals surface area contributed by atoms with Gasteiger partial charge in [0.15, 0.2) is 5.60 Å². The van der Waals surface area contributed by atoms with Gasteiger partial charge >= 0.3 is 6.18 Å². The molecule has 6 heteroatoms. The Morgan fingerprint density at radius 1 is 1.22 bits per heavy atom. The van der Waals surface area contributed by atoms with Gasteiger partial charge < -0.3 is 9.84 Å². The van der Waals surface area contributed by atoms with Gasteiger partial charge in [-0.2, -0.15) is 13.2 Å². The molecule has 126 valence electrons. The van der Waals surface area contributed by atoms with E-state index in [0.717, 1.165) is 19.2 Å². The monoisotopic (exact) mass is 346 g/mol. The first-order chi connectivity index (χ1) is 10.6. The number of aliphatic hydroxyl groups excluding tert-OH is 1. The van der Waals surface area contributed by atoms with Crippen LogP contribution in [0.2, 0.25) is 5.02 Å². The summed E-state index contributed by atoms with van der Waals surface area (Å²) in [7, 11) is 0. The van der Waals surface area contributed by atoms with Crippen LogP contribution in [-0.2, 0) is 4.74 Å². The molecule has 0 saturated heterocycles. The summed E-state index contributed by atoms with van der Waals surface area (Å²) < 4.78 is 44.4. The lowest BCUT2D eigenvalue weighted by molar-refractivity contribution is -0.280. The highest BCUT2D eigenvalue weighted by molar-refractivity contribution is 6.36. The van der Waals surface area contributed by atoms with Crippen molar-refractivity contribution in [1.82, 2.24) is 0 Å². The Kier molecular flexibility index (Phi) is 4.95. The molecule has 2 nitrogen and oxygen atoms in total. The lowest BCUT2D eigenvalue weighted by Gasteiger charge is -2.33. The van der Waals surface area contributed by atoms with Gasteiger partial charge in [0, 0.05) is 10.9 Å². The van der Waals surface area contributed by atoms with E-state index in [2.05, 4.69) is 0 Å². The van der Waals surface area contributed by atoms with Crippen molar-refractivity contribution in [2.45, 2.75) is 38.7 Å². The smallest absolute Gasteiger partial charge is 0.393 e. The van der Waals surface area contributed by atoms with Gasteiger partial charge in [-0.1, -0.05) is 41.9 Å². The minimum absolute atomic E-state index is 0.303. The second-order valence-electron chi connectivity index (χ2n) is 5.94. The van der Waals surface area contributed by atoms with Gasteiger partial charge in [-0.25, -0.2) is 0 Å². The zero-order valence-corrected chi connectivity index (χ0v) is 13.8. The SMILES string of the molecule is Cc1cc2ccccc2c(Cl)c1C(CO)OC(C)(C)C(F)(F)F. The zero-order chi connectivity index (χ0) is 17.4. The molecule has 0 spiro atoms. The van der Waals surface area contributed by atoms with E-state index in [1.54, 1.807) is 19.1 Å². The van der Waals surface area contributed by atoms with Gasteiger partial charge in [0.1, 0.15) is 6.10 Å². The maximum absolute atomic E-state index is 13.1. The lowest BCUT2D eigenvalue weighted by atomic mass is 9.97. The molecule has 1 atom stereocenters. The molecular weight excluding hydrogens is 329 g/mol. The Hall–Kier alpha value is -1.30. The van der Waals surface area contributed by atoms with Gasteiger partial charge in [0.05, 0.1) is 11.6 Å².